The molecule has 2 rings (SSSR count). The van der Waals surface area contributed by atoms with E-state index in [-0.39, 0.29) is 11.5 Å². The van der Waals surface area contributed by atoms with Crippen molar-refractivity contribution in [1.82, 2.24) is 20.1 Å². The minimum Gasteiger partial charge on any atom is -0.370 e. The molecule has 0 atom stereocenters. The van der Waals surface area contributed by atoms with Crippen molar-refractivity contribution in [3.63, 3.8) is 0 Å². The first-order valence-electron chi connectivity index (χ1n) is 6.26. The van der Waals surface area contributed by atoms with E-state index in [9.17, 15) is 9.18 Å². The molecule has 0 aliphatic carbocycles. The number of carbonyl (C=O) groups is 1. The molecule has 106 valence electrons. The number of anilines is 1. The first-order valence-corrected chi connectivity index (χ1v) is 6.26. The van der Waals surface area contributed by atoms with Gasteiger partial charge >= 0.3 is 0 Å². The number of nitrogens with zero attached hydrogens (tertiary/aromatic N) is 3. The predicted octanol–water partition coefficient (Wildman–Crippen LogP) is 1.32. The Morgan fingerprint density at radius 3 is 2.95 bits per heavy atom. The smallest absolute Gasteiger partial charge is 0.255 e. The van der Waals surface area contributed by atoms with E-state index in [1.807, 2.05) is 6.92 Å². The van der Waals surface area contributed by atoms with Gasteiger partial charge < -0.3 is 10.6 Å². The molecule has 2 aromatic rings. The van der Waals surface area contributed by atoms with Gasteiger partial charge in [0.15, 0.2) is 0 Å². The lowest BCUT2D eigenvalue weighted by Crippen LogP contribution is -2.25. The minimum atomic E-state index is -0.544. The molecular formula is C13H16FN5O. The summed E-state index contributed by atoms with van der Waals surface area (Å²) in [7, 11) is 1.79. The summed E-state index contributed by atoms with van der Waals surface area (Å²) >= 11 is 0. The van der Waals surface area contributed by atoms with Gasteiger partial charge in [0.05, 0.1) is 24.0 Å². The molecule has 0 saturated carbocycles. The molecule has 0 fully saturated rings. The van der Waals surface area contributed by atoms with Gasteiger partial charge in [0.2, 0.25) is 0 Å². The van der Waals surface area contributed by atoms with Crippen LogP contribution < -0.4 is 10.6 Å². The third kappa shape index (κ3) is 3.11. The SMILES string of the molecule is CCNc1ncc(F)cc1C(=O)NCc1ccnn1C. The monoisotopic (exact) mass is 277 g/mol. The van der Waals surface area contributed by atoms with E-state index in [2.05, 4.69) is 20.7 Å². The van der Waals surface area contributed by atoms with Crippen LogP contribution in [0.15, 0.2) is 24.5 Å². The van der Waals surface area contributed by atoms with Crippen LogP contribution in [0.5, 0.6) is 0 Å². The number of aryl methyl sites for hydroxylation is 1. The van der Waals surface area contributed by atoms with Crippen molar-refractivity contribution in [3.05, 3.63) is 41.6 Å². The lowest BCUT2D eigenvalue weighted by Gasteiger charge is -2.10. The lowest BCUT2D eigenvalue weighted by atomic mass is 10.2. The van der Waals surface area contributed by atoms with Crippen molar-refractivity contribution in [1.29, 1.82) is 0 Å². The molecule has 0 bridgehead atoms. The zero-order valence-electron chi connectivity index (χ0n) is 11.4. The van der Waals surface area contributed by atoms with Crippen molar-refractivity contribution in [3.8, 4) is 0 Å². The molecule has 0 aliphatic heterocycles. The van der Waals surface area contributed by atoms with Crippen LogP contribution in [0.1, 0.15) is 23.0 Å². The number of hydrogen-bond acceptors (Lipinski definition) is 4. The highest BCUT2D eigenvalue weighted by molar-refractivity contribution is 5.98. The first kappa shape index (κ1) is 14.0. The molecule has 0 spiro atoms. The minimum absolute atomic E-state index is 0.189. The van der Waals surface area contributed by atoms with Gasteiger partial charge in [0.1, 0.15) is 11.6 Å². The standard InChI is InChI=1S/C13H16FN5O/c1-3-15-12-11(6-9(14)7-16-12)13(20)17-8-10-4-5-18-19(10)2/h4-7H,3,8H2,1-2H3,(H,15,16)(H,17,20). The Labute approximate surface area is 116 Å². The number of rotatable bonds is 5. The number of hydrogen-bond donors (Lipinski definition) is 2. The third-order valence-electron chi connectivity index (χ3n) is 2.80. The third-order valence-corrected chi connectivity index (χ3v) is 2.80. The average Bonchev–Trinajstić information content (AvgIpc) is 2.84. The molecule has 2 aromatic heterocycles. The zero-order chi connectivity index (χ0) is 14.5. The number of carbonyl (C=O) groups excluding carboxylic acids is 1. The number of nitrogens with one attached hydrogen (secondary N) is 2. The lowest BCUT2D eigenvalue weighted by molar-refractivity contribution is 0.0950. The normalized spacial score (nSPS) is 10.3. The number of amides is 1. The molecule has 7 heteroatoms. The van der Waals surface area contributed by atoms with Crippen LogP contribution in [-0.2, 0) is 13.6 Å². The second-order valence-electron chi connectivity index (χ2n) is 4.21. The van der Waals surface area contributed by atoms with Gasteiger partial charge in [-0.1, -0.05) is 0 Å². The molecule has 0 aliphatic rings. The second kappa shape index (κ2) is 6.14. The van der Waals surface area contributed by atoms with E-state index in [4.69, 9.17) is 0 Å². The fourth-order valence-electron chi connectivity index (χ4n) is 1.76. The van der Waals surface area contributed by atoms with Crippen LogP contribution in [0.25, 0.3) is 0 Å². The summed E-state index contributed by atoms with van der Waals surface area (Å²) in [6.07, 6.45) is 2.73. The Bertz CT molecular complexity index is 611. The van der Waals surface area contributed by atoms with Gasteiger partial charge in [0.25, 0.3) is 5.91 Å². The highest BCUT2D eigenvalue weighted by Crippen LogP contribution is 2.13. The van der Waals surface area contributed by atoms with Crippen molar-refractivity contribution >= 4 is 11.7 Å². The van der Waals surface area contributed by atoms with Crippen molar-refractivity contribution in [2.75, 3.05) is 11.9 Å². The molecule has 6 nitrogen and oxygen atoms in total. The maximum absolute atomic E-state index is 13.2. The molecule has 2 N–H and O–H groups in total. The fraction of sp³-hybridized carbons (Fsp3) is 0.308. The van der Waals surface area contributed by atoms with E-state index in [1.54, 1.807) is 24.0 Å². The van der Waals surface area contributed by atoms with Crippen LogP contribution in [0.4, 0.5) is 10.2 Å². The van der Waals surface area contributed by atoms with Gasteiger partial charge in [0, 0.05) is 19.8 Å². The van der Waals surface area contributed by atoms with E-state index in [0.717, 1.165) is 11.9 Å². The molecule has 0 unspecified atom stereocenters. The molecule has 2 heterocycles. The van der Waals surface area contributed by atoms with Crippen LogP contribution in [0, 0.1) is 5.82 Å². The largest absolute Gasteiger partial charge is 0.370 e. The Kier molecular flexibility index (Phi) is 4.29. The van der Waals surface area contributed by atoms with Crippen LogP contribution in [-0.4, -0.2) is 27.2 Å². The highest BCUT2D eigenvalue weighted by atomic mass is 19.1. The van der Waals surface area contributed by atoms with Gasteiger partial charge in [-0.2, -0.15) is 5.10 Å². The van der Waals surface area contributed by atoms with Crippen molar-refractivity contribution in [2.24, 2.45) is 7.05 Å². The second-order valence-corrected chi connectivity index (χ2v) is 4.21. The molecule has 0 saturated heterocycles. The van der Waals surface area contributed by atoms with Gasteiger partial charge in [-0.25, -0.2) is 9.37 Å². The first-order chi connectivity index (χ1) is 9.61. The number of aromatic nitrogens is 3. The summed E-state index contributed by atoms with van der Waals surface area (Å²) < 4.78 is 14.9. The van der Waals surface area contributed by atoms with Gasteiger partial charge in [-0.05, 0) is 19.1 Å². The Morgan fingerprint density at radius 2 is 2.30 bits per heavy atom. The van der Waals surface area contributed by atoms with E-state index < -0.39 is 5.82 Å². The molecule has 1 amide bonds. The molecule has 0 radical (unpaired) electrons. The van der Waals surface area contributed by atoms with E-state index in [1.165, 1.54) is 6.07 Å². The quantitative estimate of drug-likeness (QED) is 0.864. The summed E-state index contributed by atoms with van der Waals surface area (Å²) in [5.41, 5.74) is 1.04. The van der Waals surface area contributed by atoms with E-state index in [0.29, 0.717) is 18.9 Å². The summed E-state index contributed by atoms with van der Waals surface area (Å²) in [6, 6.07) is 2.97. The fourth-order valence-corrected chi connectivity index (χ4v) is 1.76. The Balaban J connectivity index is 2.12. The zero-order valence-corrected chi connectivity index (χ0v) is 11.4. The van der Waals surface area contributed by atoms with Crippen LogP contribution in [0.2, 0.25) is 0 Å². The Morgan fingerprint density at radius 1 is 1.50 bits per heavy atom. The summed E-state index contributed by atoms with van der Waals surface area (Å²) in [5.74, 6) is -0.553. The highest BCUT2D eigenvalue weighted by Gasteiger charge is 2.14. The molecule has 0 aromatic carbocycles. The maximum Gasteiger partial charge on any atom is 0.255 e. The Hall–Kier alpha value is -2.44. The number of halogens is 1. The van der Waals surface area contributed by atoms with Crippen LogP contribution in [0.3, 0.4) is 0 Å². The maximum atomic E-state index is 13.2. The molecular weight excluding hydrogens is 261 g/mol. The van der Waals surface area contributed by atoms with Crippen molar-refractivity contribution < 1.29 is 9.18 Å². The van der Waals surface area contributed by atoms with Gasteiger partial charge in [-0.3, -0.25) is 9.48 Å². The van der Waals surface area contributed by atoms with Crippen molar-refractivity contribution in [2.45, 2.75) is 13.5 Å². The topological polar surface area (TPSA) is 71.8 Å². The predicted molar refractivity (Wildman–Crippen MR) is 72.7 cm³/mol. The summed E-state index contributed by atoms with van der Waals surface area (Å²) in [4.78, 5) is 16.0. The molecule has 20 heavy (non-hydrogen) atoms. The number of pyridine rings is 1. The summed E-state index contributed by atoms with van der Waals surface area (Å²) in [6.45, 7) is 2.79. The average molecular weight is 277 g/mol. The van der Waals surface area contributed by atoms with Gasteiger partial charge in [-0.15, -0.1) is 0 Å². The summed E-state index contributed by atoms with van der Waals surface area (Å²) in [5, 5.41) is 9.66. The van der Waals surface area contributed by atoms with Crippen LogP contribution >= 0.6 is 0 Å². The van der Waals surface area contributed by atoms with E-state index >= 15 is 0 Å².